The Hall–Kier alpha value is -2.63. The number of nitrogens with zero attached hydrogens (tertiary/aromatic N) is 5. The average Bonchev–Trinajstić information content (AvgIpc) is 3.41. The van der Waals surface area contributed by atoms with Crippen molar-refractivity contribution in [2.75, 3.05) is 25.6 Å². The summed E-state index contributed by atoms with van der Waals surface area (Å²) >= 11 is 0. The molecule has 180 valence electrons. The molecule has 4 rings (SSSR count). The van der Waals surface area contributed by atoms with E-state index in [0.29, 0.717) is 19.1 Å². The van der Waals surface area contributed by atoms with Crippen molar-refractivity contribution in [2.24, 2.45) is 0 Å². The lowest BCUT2D eigenvalue weighted by molar-refractivity contribution is -0.130. The summed E-state index contributed by atoms with van der Waals surface area (Å²) in [5.41, 5.74) is 3.80. The third-order valence-corrected chi connectivity index (χ3v) is 5.98. The molecule has 11 heteroatoms. The minimum absolute atomic E-state index is 0.163. The Kier molecular flexibility index (Phi) is 7.51. The lowest BCUT2D eigenvalue weighted by Gasteiger charge is -2.25. The maximum Gasteiger partial charge on any atom is 0.345 e. The standard InChI is InChI=1S/C22H30F2N6O3/c1-14(13-33-21(23)24)27-22-25-11-20-18(16-10-26-29(12-16)7-8-32-2)9-19(30(20)28-22)15-3-5-17(31)6-4-15/h9-12,14-15,17,21,31H,3-8,13H2,1-2H3,(H,27,28)/t14-,15?,17?/m0/s1. The predicted molar refractivity (Wildman–Crippen MR) is 118 cm³/mol. The van der Waals surface area contributed by atoms with E-state index in [2.05, 4.69) is 31.3 Å². The normalized spacial score (nSPS) is 19.9. The second kappa shape index (κ2) is 10.5. The molecule has 3 aromatic rings. The molecule has 1 aliphatic rings. The second-order valence-electron chi connectivity index (χ2n) is 8.49. The van der Waals surface area contributed by atoms with Crippen LogP contribution in [0.4, 0.5) is 14.7 Å². The number of hydrogen-bond donors (Lipinski definition) is 2. The highest BCUT2D eigenvalue weighted by atomic mass is 19.3. The Labute approximate surface area is 190 Å². The van der Waals surface area contributed by atoms with Crippen LogP contribution in [0.5, 0.6) is 0 Å². The fraction of sp³-hybridized carbons (Fsp3) is 0.591. The van der Waals surface area contributed by atoms with Gasteiger partial charge in [0.1, 0.15) is 0 Å². The quantitative estimate of drug-likeness (QED) is 0.475. The lowest BCUT2D eigenvalue weighted by atomic mass is 9.85. The average molecular weight is 465 g/mol. The van der Waals surface area contributed by atoms with Gasteiger partial charge in [-0.25, -0.2) is 9.50 Å². The molecule has 33 heavy (non-hydrogen) atoms. The molecule has 3 heterocycles. The summed E-state index contributed by atoms with van der Waals surface area (Å²) in [5, 5.41) is 22.1. The van der Waals surface area contributed by atoms with Crippen molar-refractivity contribution in [1.29, 1.82) is 0 Å². The van der Waals surface area contributed by atoms with Crippen LogP contribution in [0, 0.1) is 0 Å². The first-order valence-electron chi connectivity index (χ1n) is 11.2. The maximum atomic E-state index is 12.3. The number of aromatic nitrogens is 5. The summed E-state index contributed by atoms with van der Waals surface area (Å²) < 4.78 is 37.9. The van der Waals surface area contributed by atoms with Crippen LogP contribution < -0.4 is 5.32 Å². The number of fused-ring (bicyclic) bond motifs is 1. The summed E-state index contributed by atoms with van der Waals surface area (Å²) in [4.78, 5) is 4.41. The van der Waals surface area contributed by atoms with E-state index >= 15 is 0 Å². The molecule has 9 nitrogen and oxygen atoms in total. The molecule has 0 bridgehead atoms. The van der Waals surface area contributed by atoms with E-state index in [4.69, 9.17) is 4.74 Å². The van der Waals surface area contributed by atoms with Crippen LogP contribution in [0.15, 0.2) is 24.7 Å². The molecule has 1 saturated carbocycles. The second-order valence-corrected chi connectivity index (χ2v) is 8.49. The summed E-state index contributed by atoms with van der Waals surface area (Å²) in [6, 6.07) is 1.73. The largest absolute Gasteiger partial charge is 0.393 e. The van der Waals surface area contributed by atoms with E-state index in [1.54, 1.807) is 20.2 Å². The first-order valence-corrected chi connectivity index (χ1v) is 11.2. The Morgan fingerprint density at radius 2 is 2.03 bits per heavy atom. The number of anilines is 1. The predicted octanol–water partition coefficient (Wildman–Crippen LogP) is 3.30. The molecule has 0 aliphatic heterocycles. The fourth-order valence-corrected chi connectivity index (χ4v) is 4.26. The molecule has 0 amide bonds. The summed E-state index contributed by atoms with van der Waals surface area (Å²) in [6.45, 7) is -0.0287. The SMILES string of the molecule is COCCn1cc(-c2cc(C3CCC(O)CC3)n3nc(N[C@@H](C)COC(F)F)ncc23)cn1. The molecule has 0 spiro atoms. The lowest BCUT2D eigenvalue weighted by Crippen LogP contribution is -2.25. The zero-order valence-corrected chi connectivity index (χ0v) is 18.8. The van der Waals surface area contributed by atoms with E-state index in [9.17, 15) is 13.9 Å². The Bertz CT molecular complexity index is 1050. The monoisotopic (exact) mass is 464 g/mol. The van der Waals surface area contributed by atoms with Gasteiger partial charge < -0.3 is 19.9 Å². The molecular weight excluding hydrogens is 434 g/mol. The molecule has 0 unspecified atom stereocenters. The number of rotatable bonds is 10. The van der Waals surface area contributed by atoms with E-state index < -0.39 is 12.7 Å². The van der Waals surface area contributed by atoms with Gasteiger partial charge in [-0.3, -0.25) is 4.68 Å². The highest BCUT2D eigenvalue weighted by Gasteiger charge is 2.26. The van der Waals surface area contributed by atoms with E-state index in [1.165, 1.54) is 0 Å². The zero-order chi connectivity index (χ0) is 23.4. The van der Waals surface area contributed by atoms with Crippen molar-refractivity contribution >= 4 is 11.5 Å². The minimum Gasteiger partial charge on any atom is -0.393 e. The molecule has 0 saturated heterocycles. The fourth-order valence-electron chi connectivity index (χ4n) is 4.26. The maximum absolute atomic E-state index is 12.3. The molecule has 0 aromatic carbocycles. The summed E-state index contributed by atoms with van der Waals surface area (Å²) in [6.07, 6.45) is 8.50. The van der Waals surface area contributed by atoms with Crippen molar-refractivity contribution in [3.8, 4) is 11.1 Å². The molecule has 3 aromatic heterocycles. The van der Waals surface area contributed by atoms with Gasteiger partial charge in [-0.2, -0.15) is 13.9 Å². The van der Waals surface area contributed by atoms with Crippen molar-refractivity contribution in [3.63, 3.8) is 0 Å². The smallest absolute Gasteiger partial charge is 0.345 e. The number of hydrogen-bond acceptors (Lipinski definition) is 7. The Morgan fingerprint density at radius 1 is 1.24 bits per heavy atom. The van der Waals surface area contributed by atoms with Gasteiger partial charge in [0.05, 0.1) is 43.8 Å². The van der Waals surface area contributed by atoms with Gasteiger partial charge in [0, 0.05) is 42.1 Å². The van der Waals surface area contributed by atoms with Crippen molar-refractivity contribution in [2.45, 2.75) is 63.8 Å². The molecular formula is C22H30F2N6O3. The number of halogens is 2. The third kappa shape index (κ3) is 5.66. The van der Waals surface area contributed by atoms with E-state index in [0.717, 1.165) is 48.0 Å². The third-order valence-electron chi connectivity index (χ3n) is 5.98. The highest BCUT2D eigenvalue weighted by molar-refractivity contribution is 5.81. The highest BCUT2D eigenvalue weighted by Crippen LogP contribution is 2.37. The van der Waals surface area contributed by atoms with E-state index in [-0.39, 0.29) is 18.6 Å². The van der Waals surface area contributed by atoms with Crippen LogP contribution in [-0.4, -0.2) is 68.6 Å². The molecule has 0 radical (unpaired) electrons. The van der Waals surface area contributed by atoms with Crippen molar-refractivity contribution in [3.05, 3.63) is 30.4 Å². The minimum atomic E-state index is -2.82. The van der Waals surface area contributed by atoms with Crippen LogP contribution >= 0.6 is 0 Å². The number of nitrogens with one attached hydrogen (secondary N) is 1. The van der Waals surface area contributed by atoms with Crippen LogP contribution in [-0.2, 0) is 16.0 Å². The summed E-state index contributed by atoms with van der Waals surface area (Å²) in [7, 11) is 1.66. The Balaban J connectivity index is 1.66. The van der Waals surface area contributed by atoms with Gasteiger partial charge in [0.25, 0.3) is 0 Å². The van der Waals surface area contributed by atoms with Gasteiger partial charge in [-0.1, -0.05) is 0 Å². The van der Waals surface area contributed by atoms with Crippen LogP contribution in [0.2, 0.25) is 0 Å². The number of alkyl halides is 2. The van der Waals surface area contributed by atoms with E-state index in [1.807, 2.05) is 21.6 Å². The van der Waals surface area contributed by atoms with Crippen LogP contribution in [0.25, 0.3) is 16.6 Å². The number of ether oxygens (including phenoxy) is 2. The molecule has 1 atom stereocenters. The van der Waals surface area contributed by atoms with Gasteiger partial charge in [-0.15, -0.1) is 5.10 Å². The van der Waals surface area contributed by atoms with Gasteiger partial charge in [0.2, 0.25) is 5.95 Å². The Morgan fingerprint density at radius 3 is 2.76 bits per heavy atom. The van der Waals surface area contributed by atoms with Gasteiger partial charge in [-0.05, 0) is 38.7 Å². The van der Waals surface area contributed by atoms with Gasteiger partial charge >= 0.3 is 6.61 Å². The first kappa shape index (κ1) is 23.5. The van der Waals surface area contributed by atoms with Crippen LogP contribution in [0.3, 0.4) is 0 Å². The first-order chi connectivity index (χ1) is 15.9. The summed E-state index contributed by atoms with van der Waals surface area (Å²) in [5.74, 6) is 0.587. The molecule has 1 aliphatic carbocycles. The topological polar surface area (TPSA) is 98.7 Å². The van der Waals surface area contributed by atoms with Gasteiger partial charge in [0.15, 0.2) is 0 Å². The molecule has 2 N–H and O–H groups in total. The molecule has 1 fully saturated rings. The number of aliphatic hydroxyl groups is 1. The van der Waals surface area contributed by atoms with Crippen molar-refractivity contribution in [1.82, 2.24) is 24.4 Å². The number of methoxy groups -OCH3 is 1. The number of aliphatic hydroxyl groups excluding tert-OH is 1. The zero-order valence-electron chi connectivity index (χ0n) is 18.8. The van der Waals surface area contributed by atoms with Crippen molar-refractivity contribution < 1.29 is 23.4 Å². The van der Waals surface area contributed by atoms with Crippen LogP contribution in [0.1, 0.15) is 44.2 Å².